The van der Waals surface area contributed by atoms with Gasteiger partial charge in [0, 0.05) is 19.1 Å². The first-order valence-electron chi connectivity index (χ1n) is 5.51. The van der Waals surface area contributed by atoms with Crippen LogP contribution in [0.3, 0.4) is 0 Å². The van der Waals surface area contributed by atoms with Gasteiger partial charge in [-0.1, -0.05) is 11.6 Å². The second-order valence-electron chi connectivity index (χ2n) is 4.42. The molecule has 2 saturated heterocycles. The monoisotopic (exact) mass is 240 g/mol. The fraction of sp³-hybridized carbons (Fsp3) is 0.545. The number of carbonyl (C=O) groups is 1. The molecule has 4 nitrogen and oxygen atoms in total. The number of rotatable bonds is 1. The molecule has 2 aliphatic rings. The van der Waals surface area contributed by atoms with Crippen LogP contribution >= 0.6 is 11.6 Å². The van der Waals surface area contributed by atoms with Crippen molar-refractivity contribution in [3.05, 3.63) is 23.1 Å². The van der Waals surface area contributed by atoms with Crippen LogP contribution in [0.15, 0.2) is 16.7 Å². The Labute approximate surface area is 98.5 Å². The summed E-state index contributed by atoms with van der Waals surface area (Å²) in [6.07, 6.45) is 2.60. The number of likely N-dealkylation sites (tertiary alicyclic amines) is 1. The molecule has 2 unspecified atom stereocenters. The Hall–Kier alpha value is -1.00. The van der Waals surface area contributed by atoms with Crippen LogP contribution in [0.4, 0.5) is 0 Å². The summed E-state index contributed by atoms with van der Waals surface area (Å²) in [6, 6.07) is 2.06. The lowest BCUT2D eigenvalue weighted by atomic mass is 10.1. The smallest absolute Gasteiger partial charge is 0.291 e. The van der Waals surface area contributed by atoms with E-state index in [1.165, 1.54) is 6.26 Å². The summed E-state index contributed by atoms with van der Waals surface area (Å²) >= 11 is 5.88. The average molecular weight is 241 g/mol. The molecule has 0 bridgehead atoms. The van der Waals surface area contributed by atoms with Crippen molar-refractivity contribution >= 4 is 17.5 Å². The molecular weight excluding hydrogens is 228 g/mol. The zero-order valence-electron chi connectivity index (χ0n) is 8.78. The van der Waals surface area contributed by atoms with E-state index in [4.69, 9.17) is 16.0 Å². The summed E-state index contributed by atoms with van der Waals surface area (Å²) in [5.74, 6) is 0.769. The maximum atomic E-state index is 12.1. The number of furan rings is 1. The van der Waals surface area contributed by atoms with Crippen molar-refractivity contribution < 1.29 is 9.21 Å². The van der Waals surface area contributed by atoms with Crippen LogP contribution < -0.4 is 5.32 Å². The Balaban J connectivity index is 1.75. The van der Waals surface area contributed by atoms with Gasteiger partial charge in [-0.05, 0) is 24.9 Å². The maximum Gasteiger partial charge on any atom is 0.291 e. The molecule has 0 radical (unpaired) electrons. The number of hydrogen-bond donors (Lipinski definition) is 1. The highest BCUT2D eigenvalue weighted by Crippen LogP contribution is 2.27. The van der Waals surface area contributed by atoms with E-state index in [9.17, 15) is 4.79 Å². The molecule has 2 aliphatic heterocycles. The van der Waals surface area contributed by atoms with Crippen LogP contribution in [-0.4, -0.2) is 36.5 Å². The molecule has 5 heteroatoms. The van der Waals surface area contributed by atoms with E-state index in [1.54, 1.807) is 6.07 Å². The molecular formula is C11H13ClN2O2. The molecule has 3 rings (SSSR count). The van der Waals surface area contributed by atoms with Gasteiger partial charge in [-0.2, -0.15) is 0 Å². The fourth-order valence-corrected chi connectivity index (χ4v) is 2.78. The summed E-state index contributed by atoms with van der Waals surface area (Å²) in [5.41, 5.74) is 0. The van der Waals surface area contributed by atoms with Gasteiger partial charge in [-0.25, -0.2) is 0 Å². The van der Waals surface area contributed by atoms with E-state index in [0.29, 0.717) is 17.0 Å². The number of halogens is 1. The van der Waals surface area contributed by atoms with E-state index >= 15 is 0 Å². The van der Waals surface area contributed by atoms with Gasteiger partial charge >= 0.3 is 0 Å². The first kappa shape index (κ1) is 10.2. The van der Waals surface area contributed by atoms with Crippen LogP contribution in [0.1, 0.15) is 17.0 Å². The van der Waals surface area contributed by atoms with Crippen molar-refractivity contribution in [3.8, 4) is 0 Å². The van der Waals surface area contributed by atoms with Gasteiger partial charge in [0.1, 0.15) is 0 Å². The van der Waals surface area contributed by atoms with Crippen molar-refractivity contribution in [1.82, 2.24) is 10.2 Å². The minimum absolute atomic E-state index is 0.0915. The predicted octanol–water partition coefficient (Wildman–Crippen LogP) is 1.37. The highest BCUT2D eigenvalue weighted by atomic mass is 35.5. The number of amides is 1. The topological polar surface area (TPSA) is 45.5 Å². The summed E-state index contributed by atoms with van der Waals surface area (Å²) in [5, 5.41) is 3.80. The van der Waals surface area contributed by atoms with Gasteiger partial charge in [0.15, 0.2) is 0 Å². The average Bonchev–Trinajstić information content (AvgIpc) is 2.89. The predicted molar refractivity (Wildman–Crippen MR) is 59.5 cm³/mol. The van der Waals surface area contributed by atoms with Gasteiger partial charge in [-0.15, -0.1) is 0 Å². The molecule has 1 amide bonds. The van der Waals surface area contributed by atoms with Crippen molar-refractivity contribution in [1.29, 1.82) is 0 Å². The third kappa shape index (κ3) is 1.53. The van der Waals surface area contributed by atoms with Gasteiger partial charge in [0.05, 0.1) is 11.3 Å². The second kappa shape index (κ2) is 3.79. The maximum absolute atomic E-state index is 12.1. The van der Waals surface area contributed by atoms with E-state index in [1.807, 2.05) is 4.90 Å². The highest BCUT2D eigenvalue weighted by molar-refractivity contribution is 6.33. The second-order valence-corrected chi connectivity index (χ2v) is 4.82. The third-order valence-corrected chi connectivity index (χ3v) is 3.76. The molecule has 16 heavy (non-hydrogen) atoms. The van der Waals surface area contributed by atoms with Crippen molar-refractivity contribution in [2.75, 3.05) is 19.6 Å². The van der Waals surface area contributed by atoms with E-state index < -0.39 is 0 Å². The summed E-state index contributed by atoms with van der Waals surface area (Å²) in [4.78, 5) is 13.9. The molecule has 1 aromatic rings. The first-order valence-corrected chi connectivity index (χ1v) is 5.89. The largest absolute Gasteiger partial charge is 0.458 e. The normalized spacial score (nSPS) is 28.4. The van der Waals surface area contributed by atoms with E-state index in [2.05, 4.69) is 5.32 Å². The summed E-state index contributed by atoms with van der Waals surface area (Å²) < 4.78 is 5.12. The van der Waals surface area contributed by atoms with Crippen LogP contribution in [0, 0.1) is 5.92 Å². The van der Waals surface area contributed by atoms with Crippen LogP contribution in [0.2, 0.25) is 5.02 Å². The minimum Gasteiger partial charge on any atom is -0.458 e. The van der Waals surface area contributed by atoms with Gasteiger partial charge < -0.3 is 14.6 Å². The molecule has 2 atom stereocenters. The van der Waals surface area contributed by atoms with Crippen LogP contribution in [-0.2, 0) is 0 Å². The standard InChI is InChI=1S/C11H13ClN2O2/c12-8-2-4-16-10(8)11(15)14-5-7-1-3-13-9(7)6-14/h2,4,7,9,13H,1,3,5-6H2. The van der Waals surface area contributed by atoms with Crippen LogP contribution in [0.5, 0.6) is 0 Å². The molecule has 2 fully saturated rings. The molecule has 1 aromatic heterocycles. The lowest BCUT2D eigenvalue weighted by molar-refractivity contribution is 0.0751. The number of nitrogens with zero attached hydrogens (tertiary/aromatic N) is 1. The van der Waals surface area contributed by atoms with Crippen LogP contribution in [0.25, 0.3) is 0 Å². The SMILES string of the molecule is O=C(c1occc1Cl)N1CC2CCNC2C1. The van der Waals surface area contributed by atoms with Crippen molar-refractivity contribution in [2.24, 2.45) is 5.92 Å². The lowest BCUT2D eigenvalue weighted by Crippen LogP contribution is -2.33. The Morgan fingerprint density at radius 1 is 1.56 bits per heavy atom. The van der Waals surface area contributed by atoms with Gasteiger partial charge in [-0.3, -0.25) is 4.79 Å². The Kier molecular flexibility index (Phi) is 2.41. The van der Waals surface area contributed by atoms with Crippen molar-refractivity contribution in [3.63, 3.8) is 0 Å². The molecule has 3 heterocycles. The molecule has 0 aliphatic carbocycles. The molecule has 1 N–H and O–H groups in total. The van der Waals surface area contributed by atoms with E-state index in [-0.39, 0.29) is 11.7 Å². The van der Waals surface area contributed by atoms with Gasteiger partial charge in [0.2, 0.25) is 5.76 Å². The zero-order chi connectivity index (χ0) is 11.1. The third-order valence-electron chi connectivity index (χ3n) is 3.46. The number of carbonyl (C=O) groups excluding carboxylic acids is 1. The minimum atomic E-state index is -0.0915. The summed E-state index contributed by atoms with van der Waals surface area (Å²) in [7, 11) is 0. The van der Waals surface area contributed by atoms with Crippen molar-refractivity contribution in [2.45, 2.75) is 12.5 Å². The first-order chi connectivity index (χ1) is 7.75. The number of hydrogen-bond acceptors (Lipinski definition) is 3. The Bertz CT molecular complexity index is 406. The molecule has 86 valence electrons. The lowest BCUT2D eigenvalue weighted by Gasteiger charge is -2.15. The fourth-order valence-electron chi connectivity index (χ4n) is 2.60. The molecule has 0 saturated carbocycles. The Morgan fingerprint density at radius 3 is 3.12 bits per heavy atom. The van der Waals surface area contributed by atoms with E-state index in [0.717, 1.165) is 26.1 Å². The Morgan fingerprint density at radius 2 is 2.44 bits per heavy atom. The summed E-state index contributed by atoms with van der Waals surface area (Å²) in [6.45, 7) is 2.65. The molecule has 0 spiro atoms. The number of fused-ring (bicyclic) bond motifs is 1. The van der Waals surface area contributed by atoms with Gasteiger partial charge in [0.25, 0.3) is 5.91 Å². The quantitative estimate of drug-likeness (QED) is 0.807. The molecule has 0 aromatic carbocycles. The highest BCUT2D eigenvalue weighted by Gasteiger charge is 2.39. The zero-order valence-corrected chi connectivity index (χ0v) is 9.54. The number of nitrogens with one attached hydrogen (secondary N) is 1.